The zero-order valence-electron chi connectivity index (χ0n) is 7.46. The van der Waals surface area contributed by atoms with Gasteiger partial charge in [0.2, 0.25) is 0 Å². The van der Waals surface area contributed by atoms with Gasteiger partial charge in [-0.2, -0.15) is 0 Å². The van der Waals surface area contributed by atoms with Crippen molar-refractivity contribution in [3.8, 4) is 0 Å². The highest BCUT2D eigenvalue weighted by atomic mass is 28.2. The summed E-state index contributed by atoms with van der Waals surface area (Å²) in [5.74, 6) is 0. The fraction of sp³-hybridized carbons (Fsp3) is 0.182. The lowest BCUT2D eigenvalue weighted by Gasteiger charge is -2.01. The van der Waals surface area contributed by atoms with Crippen LogP contribution in [0.5, 0.6) is 0 Å². The van der Waals surface area contributed by atoms with Gasteiger partial charge >= 0.3 is 0 Å². The van der Waals surface area contributed by atoms with E-state index in [1.807, 2.05) is 0 Å². The van der Waals surface area contributed by atoms with Gasteiger partial charge in [0.05, 0.1) is 0 Å². The summed E-state index contributed by atoms with van der Waals surface area (Å²) in [4.78, 5) is 0. The Bertz CT molecular complexity index is 368. The molecule has 0 radical (unpaired) electrons. The Balaban J connectivity index is 2.64. The third-order valence-corrected chi connectivity index (χ3v) is 3.73. The first-order chi connectivity index (χ1) is 5.79. The minimum atomic E-state index is -0.294. The van der Waals surface area contributed by atoms with Gasteiger partial charge in [-0.1, -0.05) is 49.5 Å². The fourth-order valence-corrected chi connectivity index (χ4v) is 2.77. The molecule has 0 aliphatic heterocycles. The first kappa shape index (κ1) is 7.68. The number of hydrogen-bond donors (Lipinski definition) is 0. The molecule has 0 saturated carbocycles. The highest BCUT2D eigenvalue weighted by Crippen LogP contribution is 2.18. The molecule has 0 N–H and O–H groups in total. The van der Waals surface area contributed by atoms with E-state index in [0.29, 0.717) is 0 Å². The van der Waals surface area contributed by atoms with Crippen LogP contribution in [-0.2, 0) is 0 Å². The molecular weight excluding hydrogens is 160 g/mol. The van der Waals surface area contributed by atoms with Crippen molar-refractivity contribution in [2.75, 3.05) is 0 Å². The molecule has 0 atom stereocenters. The average Bonchev–Trinajstić information content (AvgIpc) is 2.47. The molecule has 1 heteroatoms. The standard InChI is InChI=1S/C11H12Si/c1-12(2)11-8-7-9-5-3-4-6-10(9)11/h3-8H,1-2H3. The molecule has 0 saturated heterocycles. The molecule has 2 rings (SSSR count). The van der Waals surface area contributed by atoms with Gasteiger partial charge in [0, 0.05) is 8.41 Å². The molecule has 0 nitrogen and oxygen atoms in total. The molecule has 0 spiro atoms. The maximum atomic E-state index is 2.34. The Morgan fingerprint density at radius 1 is 1.00 bits per heavy atom. The van der Waals surface area contributed by atoms with Crippen molar-refractivity contribution in [2.24, 2.45) is 0 Å². The second kappa shape index (κ2) is 2.83. The number of hydrogen-bond acceptors (Lipinski definition) is 0. The highest BCUT2D eigenvalue weighted by molar-refractivity contribution is 6.74. The van der Waals surface area contributed by atoms with Gasteiger partial charge in [0.15, 0.2) is 0 Å². The summed E-state index contributed by atoms with van der Waals surface area (Å²) in [5.41, 5.74) is 2.84. The van der Waals surface area contributed by atoms with E-state index < -0.39 is 0 Å². The lowest BCUT2D eigenvalue weighted by atomic mass is 10.1. The van der Waals surface area contributed by atoms with Crippen molar-refractivity contribution in [1.82, 2.24) is 0 Å². The maximum Gasteiger partial charge on any atom is 0.0136 e. The zero-order chi connectivity index (χ0) is 8.55. The number of fused-ring (bicyclic) bond motifs is 1. The van der Waals surface area contributed by atoms with Crippen molar-refractivity contribution in [2.45, 2.75) is 13.1 Å². The monoisotopic (exact) mass is 172 g/mol. The van der Waals surface area contributed by atoms with Gasteiger partial charge in [0.1, 0.15) is 0 Å². The van der Waals surface area contributed by atoms with E-state index in [4.69, 9.17) is 0 Å². The van der Waals surface area contributed by atoms with Gasteiger partial charge in [-0.05, 0) is 16.3 Å². The Hall–Kier alpha value is -0.953. The molecule has 0 aromatic heterocycles. The van der Waals surface area contributed by atoms with E-state index >= 15 is 0 Å². The first-order valence-corrected chi connectivity index (χ1v) is 6.74. The Labute approximate surface area is 74.8 Å². The molecule has 0 heterocycles. The normalized spacial score (nSPS) is 13.3. The second-order valence-corrected chi connectivity index (χ2v) is 5.87. The van der Waals surface area contributed by atoms with Crippen LogP contribution in [0.15, 0.2) is 30.3 Å². The summed E-state index contributed by atoms with van der Waals surface area (Å²) in [6, 6.07) is 8.63. The van der Waals surface area contributed by atoms with Crippen LogP contribution in [0.2, 0.25) is 13.1 Å². The predicted octanol–water partition coefficient (Wildman–Crippen LogP) is 2.57. The minimum Gasteiger partial charge on any atom is -0.0616 e. The fourth-order valence-electron chi connectivity index (χ4n) is 1.59. The first-order valence-electron chi connectivity index (χ1n) is 4.24. The molecule has 0 bridgehead atoms. The summed E-state index contributed by atoms with van der Waals surface area (Å²) < 4.78 is 0. The molecule has 60 valence electrons. The van der Waals surface area contributed by atoms with Crippen LogP contribution in [-0.4, -0.2) is 13.6 Å². The van der Waals surface area contributed by atoms with Crippen LogP contribution in [0, 0.1) is 0 Å². The zero-order valence-corrected chi connectivity index (χ0v) is 8.46. The lowest BCUT2D eigenvalue weighted by Crippen LogP contribution is -2.05. The third kappa shape index (κ3) is 1.10. The quantitative estimate of drug-likeness (QED) is 0.528. The van der Waals surface area contributed by atoms with E-state index in [9.17, 15) is 0 Å². The van der Waals surface area contributed by atoms with Crippen LogP contribution in [0.25, 0.3) is 6.08 Å². The van der Waals surface area contributed by atoms with Gasteiger partial charge < -0.3 is 0 Å². The van der Waals surface area contributed by atoms with Crippen molar-refractivity contribution in [3.63, 3.8) is 0 Å². The minimum absolute atomic E-state index is 0.294. The van der Waals surface area contributed by atoms with Crippen molar-refractivity contribution >= 4 is 19.7 Å². The maximum absolute atomic E-state index is 2.34. The van der Waals surface area contributed by atoms with E-state index in [1.165, 1.54) is 11.1 Å². The summed E-state index contributed by atoms with van der Waals surface area (Å²) in [7, 11) is -0.294. The largest absolute Gasteiger partial charge is 0.0616 e. The average molecular weight is 172 g/mol. The Kier molecular flexibility index (Phi) is 1.81. The van der Waals surface area contributed by atoms with Crippen LogP contribution in [0.3, 0.4) is 0 Å². The molecule has 1 aliphatic rings. The topological polar surface area (TPSA) is 0 Å². The number of allylic oxidation sites excluding steroid dienone is 1. The molecule has 1 aromatic carbocycles. The predicted molar refractivity (Wildman–Crippen MR) is 57.1 cm³/mol. The summed E-state index contributed by atoms with van der Waals surface area (Å²) in [5, 5.41) is 1.57. The Morgan fingerprint density at radius 3 is 2.50 bits per heavy atom. The van der Waals surface area contributed by atoms with Crippen LogP contribution in [0.4, 0.5) is 0 Å². The number of benzene rings is 1. The van der Waals surface area contributed by atoms with Crippen molar-refractivity contribution in [1.29, 1.82) is 0 Å². The van der Waals surface area contributed by atoms with Gasteiger partial charge in [0.25, 0.3) is 0 Å². The Morgan fingerprint density at radius 2 is 1.75 bits per heavy atom. The number of rotatable bonds is 0. The molecule has 1 aliphatic carbocycles. The van der Waals surface area contributed by atoms with Crippen molar-refractivity contribution in [3.05, 3.63) is 41.5 Å². The lowest BCUT2D eigenvalue weighted by molar-refractivity contribution is 1.65. The van der Waals surface area contributed by atoms with Crippen LogP contribution in [0.1, 0.15) is 11.1 Å². The smallest absolute Gasteiger partial charge is 0.0136 e. The van der Waals surface area contributed by atoms with E-state index in [2.05, 4.69) is 49.5 Å². The second-order valence-electron chi connectivity index (χ2n) is 3.33. The molecule has 0 fully saturated rings. The van der Waals surface area contributed by atoms with Gasteiger partial charge in [-0.15, -0.1) is 0 Å². The third-order valence-electron chi connectivity index (χ3n) is 2.22. The summed E-state index contributed by atoms with van der Waals surface area (Å²) >= 11 is 0. The molecule has 0 unspecified atom stereocenters. The summed E-state index contributed by atoms with van der Waals surface area (Å²) in [6.07, 6.45) is 4.50. The van der Waals surface area contributed by atoms with Gasteiger partial charge in [-0.3, -0.25) is 0 Å². The highest BCUT2D eigenvalue weighted by Gasteiger charge is 2.09. The van der Waals surface area contributed by atoms with E-state index in [0.717, 1.165) is 0 Å². The SMILES string of the molecule is C[Si](C)=C1C=Cc2ccccc21. The molecule has 1 aromatic rings. The van der Waals surface area contributed by atoms with Crippen LogP contribution < -0.4 is 0 Å². The summed E-state index contributed by atoms with van der Waals surface area (Å²) in [6.45, 7) is 4.68. The molecule has 12 heavy (non-hydrogen) atoms. The van der Waals surface area contributed by atoms with Crippen LogP contribution >= 0.6 is 0 Å². The van der Waals surface area contributed by atoms with E-state index in [-0.39, 0.29) is 8.41 Å². The molecule has 0 amide bonds. The van der Waals surface area contributed by atoms with E-state index in [1.54, 1.807) is 5.17 Å². The molecular formula is C11H12Si. The van der Waals surface area contributed by atoms with Crippen molar-refractivity contribution < 1.29 is 0 Å². The van der Waals surface area contributed by atoms with Gasteiger partial charge in [-0.25, -0.2) is 0 Å².